The van der Waals surface area contributed by atoms with Crippen molar-refractivity contribution in [1.29, 1.82) is 0 Å². The van der Waals surface area contributed by atoms with Gasteiger partial charge in [-0.25, -0.2) is 0 Å². The van der Waals surface area contributed by atoms with E-state index in [1.807, 2.05) is 0 Å². The first-order valence-electron chi connectivity index (χ1n) is 0. The van der Waals surface area contributed by atoms with Crippen LogP contribution >= 0.6 is 13.5 Å². The van der Waals surface area contributed by atoms with E-state index in [2.05, 4.69) is 0 Å². The SMILES string of the molecule is F.F.F.F.F.F.S.[AsH3]. The van der Waals surface area contributed by atoms with E-state index in [1.54, 1.807) is 0 Å². The second-order valence-electron chi connectivity index (χ2n) is 0. The predicted octanol–water partition coefficient (Wildman–Crippen LogP) is -0.156. The fourth-order valence-corrected chi connectivity index (χ4v) is 0. The molecule has 0 aliphatic heterocycles. The van der Waals surface area contributed by atoms with Crippen molar-refractivity contribution in [2.75, 3.05) is 0 Å². The van der Waals surface area contributed by atoms with Crippen molar-refractivity contribution < 1.29 is 28.2 Å². The minimum absolute atomic E-state index is 0. The number of hydrogen-bond donors (Lipinski definition) is 0. The first-order valence-corrected chi connectivity index (χ1v) is 0. The standard InChI is InChI=1S/AsH3.6FH.H2S/h1H3;6*1H;1H2. The topological polar surface area (TPSA) is 0 Å². The van der Waals surface area contributed by atoms with Crippen molar-refractivity contribution in [2.24, 2.45) is 0 Å². The number of rotatable bonds is 0. The van der Waals surface area contributed by atoms with Crippen LogP contribution in [0.5, 0.6) is 0 Å². The first kappa shape index (κ1) is 2000. The quantitative estimate of drug-likeness (QED) is 0.402. The van der Waals surface area contributed by atoms with Crippen molar-refractivity contribution >= 4 is 31.4 Å². The van der Waals surface area contributed by atoms with Gasteiger partial charge in [-0.3, -0.25) is 28.2 Å². The summed E-state index contributed by atoms with van der Waals surface area (Å²) in [5.41, 5.74) is 0. The molecule has 0 bridgehead atoms. The van der Waals surface area contributed by atoms with E-state index in [-0.39, 0.29) is 59.7 Å². The van der Waals surface area contributed by atoms with Gasteiger partial charge in [0.15, 0.2) is 0 Å². The van der Waals surface area contributed by atoms with Gasteiger partial charge in [0.05, 0.1) is 0 Å². The third kappa shape index (κ3) is 819. The van der Waals surface area contributed by atoms with Crippen molar-refractivity contribution in [2.45, 2.75) is 0 Å². The third-order valence-electron chi connectivity index (χ3n) is 0. The summed E-state index contributed by atoms with van der Waals surface area (Å²) in [6, 6.07) is 0. The van der Waals surface area contributed by atoms with Crippen LogP contribution in [0.3, 0.4) is 0 Å². The molecule has 8 heavy (non-hydrogen) atoms. The van der Waals surface area contributed by atoms with Crippen molar-refractivity contribution in [1.82, 2.24) is 0 Å². The van der Waals surface area contributed by atoms with Gasteiger partial charge in [0, 0.05) is 0 Å². The Morgan fingerprint density at radius 1 is 0.375 bits per heavy atom. The molecule has 8 heteroatoms. The first-order chi connectivity index (χ1) is 0. The van der Waals surface area contributed by atoms with Gasteiger partial charge in [0.2, 0.25) is 0 Å². The van der Waals surface area contributed by atoms with Crippen molar-refractivity contribution in [3.8, 4) is 0 Å². The van der Waals surface area contributed by atoms with E-state index >= 15 is 0 Å². The summed E-state index contributed by atoms with van der Waals surface area (Å²) < 4.78 is 0. The molecule has 0 N–H and O–H groups in total. The molecule has 0 aromatic rings. The molecule has 0 nitrogen and oxygen atoms in total. The third-order valence-corrected chi connectivity index (χ3v) is 0. The van der Waals surface area contributed by atoms with Crippen LogP contribution in [0.2, 0.25) is 0 Å². The van der Waals surface area contributed by atoms with Gasteiger partial charge in [-0.15, -0.1) is 0 Å². The molecule has 0 saturated carbocycles. The van der Waals surface area contributed by atoms with Crippen LogP contribution in [-0.4, -0.2) is 18.0 Å². The van der Waals surface area contributed by atoms with Gasteiger partial charge >= 0.3 is 18.0 Å². The predicted molar refractivity (Wildman–Crippen MR) is 35.3 cm³/mol. The van der Waals surface area contributed by atoms with Crippen LogP contribution in [0.25, 0.3) is 0 Å². The van der Waals surface area contributed by atoms with E-state index in [4.69, 9.17) is 0 Å². The molecule has 0 radical (unpaired) electrons. The number of hydrogen-bond acceptors (Lipinski definition) is 0. The summed E-state index contributed by atoms with van der Waals surface area (Å²) in [7, 11) is 0. The van der Waals surface area contributed by atoms with Gasteiger partial charge in [-0.2, -0.15) is 13.5 Å². The van der Waals surface area contributed by atoms with Crippen molar-refractivity contribution in [3.05, 3.63) is 0 Å². The molecule has 0 aromatic heterocycles. The summed E-state index contributed by atoms with van der Waals surface area (Å²) in [5, 5.41) is 0. The second kappa shape index (κ2) is 1320. The minimum atomic E-state index is 0. The Kier molecular flexibility index (Phi) is 330000. The van der Waals surface area contributed by atoms with Gasteiger partial charge in [0.25, 0.3) is 0 Å². The molecule has 0 heterocycles. The molecule has 0 aliphatic rings. The summed E-state index contributed by atoms with van der Waals surface area (Å²) in [6.07, 6.45) is 0. The molecule has 0 rings (SSSR count). The van der Waals surface area contributed by atoms with E-state index in [9.17, 15) is 0 Å². The van der Waals surface area contributed by atoms with Gasteiger partial charge in [-0.1, -0.05) is 0 Å². The van der Waals surface area contributed by atoms with Crippen LogP contribution < -0.4 is 0 Å². The Morgan fingerprint density at radius 2 is 0.375 bits per heavy atom. The molecular weight excluding hydrogens is 221 g/mol. The zero-order chi connectivity index (χ0) is 0. The molecule has 1 atom stereocenters. The molecule has 0 amide bonds. The molecule has 0 spiro atoms. The van der Waals surface area contributed by atoms with Crippen molar-refractivity contribution in [3.63, 3.8) is 0 Å². The zero-order valence-corrected chi connectivity index (χ0v) is 7.62. The molecular formula is H11AsF6S. The van der Waals surface area contributed by atoms with E-state index < -0.39 is 0 Å². The average molecular weight is 232 g/mol. The number of halogens is 6. The fraction of sp³-hybridized carbons (Fsp3) is 0. The average Bonchev–Trinajstić information content (AvgIpc) is 0. The summed E-state index contributed by atoms with van der Waals surface area (Å²) in [6.45, 7) is 0. The summed E-state index contributed by atoms with van der Waals surface area (Å²) in [4.78, 5) is 0. The van der Waals surface area contributed by atoms with E-state index in [0.717, 1.165) is 0 Å². The monoisotopic (exact) mass is 232 g/mol. The van der Waals surface area contributed by atoms with Gasteiger partial charge < -0.3 is 0 Å². The Bertz CT molecular complexity index is 8.49. The molecule has 0 aliphatic carbocycles. The van der Waals surface area contributed by atoms with Crippen LogP contribution in [0.1, 0.15) is 0 Å². The van der Waals surface area contributed by atoms with Crippen LogP contribution in [0.4, 0.5) is 28.2 Å². The van der Waals surface area contributed by atoms with Crippen LogP contribution in [0.15, 0.2) is 0 Å². The molecule has 0 aromatic carbocycles. The van der Waals surface area contributed by atoms with Gasteiger partial charge in [-0.05, 0) is 0 Å². The molecule has 0 fully saturated rings. The summed E-state index contributed by atoms with van der Waals surface area (Å²) in [5.74, 6) is 0. The molecule has 64 valence electrons. The van der Waals surface area contributed by atoms with Crippen LogP contribution in [-0.2, 0) is 0 Å². The summed E-state index contributed by atoms with van der Waals surface area (Å²) >= 11 is 0. The maximum atomic E-state index is 0. The Labute approximate surface area is 60.4 Å². The molecule has 1 unspecified atom stereocenters. The van der Waals surface area contributed by atoms with Crippen LogP contribution in [0, 0.1) is 0 Å². The fourth-order valence-electron chi connectivity index (χ4n) is 0. The second-order valence-corrected chi connectivity index (χ2v) is 0. The normalized spacial score (nSPS) is 0. The zero-order valence-electron chi connectivity index (χ0n) is 3.66. The Balaban J connectivity index is 0. The van der Waals surface area contributed by atoms with E-state index in [1.165, 1.54) is 0 Å². The molecule has 0 saturated heterocycles. The Morgan fingerprint density at radius 3 is 0.375 bits per heavy atom. The van der Waals surface area contributed by atoms with Gasteiger partial charge in [0.1, 0.15) is 0 Å². The maximum absolute atomic E-state index is 0. The Hall–Kier alpha value is 0.488. The van der Waals surface area contributed by atoms with E-state index in [0.29, 0.717) is 0 Å².